The van der Waals surface area contributed by atoms with E-state index in [0.717, 1.165) is 16.7 Å². The second-order valence-electron chi connectivity index (χ2n) is 12.5. The molecule has 1 aliphatic rings. The Bertz CT molecular complexity index is 1570. The monoisotopic (exact) mass is 608 g/mol. The Labute approximate surface area is 263 Å². The maximum Gasteiger partial charge on any atom is 0.314 e. The van der Waals surface area contributed by atoms with Gasteiger partial charge < -0.3 is 4.74 Å². The van der Waals surface area contributed by atoms with E-state index < -0.39 is 44.1 Å². The molecule has 1 aliphatic heterocycles. The molecule has 4 aromatic carbocycles. The van der Waals surface area contributed by atoms with E-state index in [4.69, 9.17) is 4.74 Å². The summed E-state index contributed by atoms with van der Waals surface area (Å²) in [7, 11) is -1.74. The summed E-state index contributed by atoms with van der Waals surface area (Å²) in [5, 5.41) is 0. The minimum atomic E-state index is -1.74. The van der Waals surface area contributed by atoms with Gasteiger partial charge in [-0.25, -0.2) is 8.93 Å². The maximum absolute atomic E-state index is 15.8. The SMILES string of the molecule is CCOC(=O)C(C)(C)[C@@]1(NS(=O)C(C)(C)C)C(=O)N(C(c2ccccc2)(c2ccccc2)c2ccccc2)c2ccccc21. The van der Waals surface area contributed by atoms with Gasteiger partial charge in [-0.2, -0.15) is 0 Å². The number of hydrogen-bond acceptors (Lipinski definition) is 4. The molecule has 44 heavy (non-hydrogen) atoms. The highest BCUT2D eigenvalue weighted by Crippen LogP contribution is 2.57. The van der Waals surface area contributed by atoms with E-state index in [0.29, 0.717) is 11.3 Å². The zero-order valence-corrected chi connectivity index (χ0v) is 27.0. The van der Waals surface area contributed by atoms with Crippen LogP contribution >= 0.6 is 0 Å². The Balaban J connectivity index is 1.94. The lowest BCUT2D eigenvalue weighted by Gasteiger charge is -2.47. The van der Waals surface area contributed by atoms with Crippen LogP contribution in [0.3, 0.4) is 0 Å². The van der Waals surface area contributed by atoms with Crippen molar-refractivity contribution in [3.63, 3.8) is 0 Å². The van der Waals surface area contributed by atoms with Gasteiger partial charge in [-0.15, -0.1) is 0 Å². The van der Waals surface area contributed by atoms with Gasteiger partial charge in [0, 0.05) is 5.56 Å². The second kappa shape index (κ2) is 11.8. The molecule has 1 unspecified atom stereocenters. The number of rotatable bonds is 9. The highest BCUT2D eigenvalue weighted by atomic mass is 32.2. The first kappa shape index (κ1) is 31.4. The Morgan fingerprint density at radius 1 is 0.750 bits per heavy atom. The molecular weight excluding hydrogens is 568 g/mol. The number of hydrogen-bond donors (Lipinski definition) is 1. The molecule has 7 heteroatoms. The Morgan fingerprint density at radius 3 is 1.61 bits per heavy atom. The largest absolute Gasteiger partial charge is 0.466 e. The smallest absolute Gasteiger partial charge is 0.314 e. The number of benzene rings is 4. The molecule has 0 saturated heterocycles. The number of carbonyl (C=O) groups is 2. The number of ether oxygens (including phenoxy) is 1. The van der Waals surface area contributed by atoms with Gasteiger partial charge in [-0.05, 0) is 64.3 Å². The van der Waals surface area contributed by atoms with Crippen molar-refractivity contribution in [3.8, 4) is 0 Å². The van der Waals surface area contributed by atoms with Crippen molar-refractivity contribution < 1.29 is 18.5 Å². The molecule has 2 atom stereocenters. The summed E-state index contributed by atoms with van der Waals surface area (Å²) >= 11 is 0. The zero-order chi connectivity index (χ0) is 31.8. The number of carbonyl (C=O) groups excluding carboxylic acids is 2. The molecule has 0 fully saturated rings. The van der Waals surface area contributed by atoms with Crippen LogP contribution in [0.1, 0.15) is 63.8 Å². The first-order valence-electron chi connectivity index (χ1n) is 14.9. The molecular formula is C37H40N2O4S. The van der Waals surface area contributed by atoms with Gasteiger partial charge >= 0.3 is 5.97 Å². The molecule has 0 aromatic heterocycles. The Morgan fingerprint density at radius 2 is 1.18 bits per heavy atom. The molecule has 1 N–H and O–H groups in total. The van der Waals surface area contributed by atoms with Crippen LogP contribution in [0.15, 0.2) is 115 Å². The third-order valence-electron chi connectivity index (χ3n) is 8.51. The summed E-state index contributed by atoms with van der Waals surface area (Å²) in [5.41, 5.74) is -0.600. The fourth-order valence-corrected chi connectivity index (χ4v) is 7.26. The highest BCUT2D eigenvalue weighted by Gasteiger charge is 2.67. The zero-order valence-electron chi connectivity index (χ0n) is 26.2. The van der Waals surface area contributed by atoms with Crippen LogP contribution in [0.2, 0.25) is 0 Å². The number of nitrogens with one attached hydrogen (secondary N) is 1. The molecule has 0 radical (unpaired) electrons. The number of nitrogens with zero attached hydrogens (tertiary/aromatic N) is 1. The Kier molecular flexibility index (Phi) is 8.40. The molecule has 0 bridgehead atoms. The standard InChI is InChI=1S/C37H40N2O4S/c1-7-43-33(41)35(5,6)37(38-44(42)34(2,3)4)30-25-17-18-26-31(30)39(32(37)40)36(27-19-11-8-12-20-27,28-21-13-9-14-22-28)29-23-15-10-16-24-29/h8-26,38H,7H2,1-6H3/t37-,44?/m0/s1. The molecule has 0 aliphatic carbocycles. The second-order valence-corrected chi connectivity index (χ2v) is 14.5. The Hall–Kier alpha value is -4.07. The average Bonchev–Trinajstić information content (AvgIpc) is 3.28. The summed E-state index contributed by atoms with van der Waals surface area (Å²) < 4.78 is 22.2. The van der Waals surface area contributed by atoms with Gasteiger partial charge in [0.25, 0.3) is 5.91 Å². The van der Waals surface area contributed by atoms with Gasteiger partial charge in [-0.3, -0.25) is 14.5 Å². The minimum Gasteiger partial charge on any atom is -0.466 e. The molecule has 5 rings (SSSR count). The molecule has 6 nitrogen and oxygen atoms in total. The summed E-state index contributed by atoms with van der Waals surface area (Å²) in [4.78, 5) is 31.5. The van der Waals surface area contributed by atoms with Crippen molar-refractivity contribution in [1.29, 1.82) is 0 Å². The number of anilines is 1. The van der Waals surface area contributed by atoms with Gasteiger partial charge in [0.15, 0.2) is 5.54 Å². The molecule has 4 aromatic rings. The molecule has 228 valence electrons. The lowest BCUT2D eigenvalue weighted by atomic mass is 9.68. The van der Waals surface area contributed by atoms with Gasteiger partial charge in [0.2, 0.25) is 0 Å². The molecule has 0 spiro atoms. The first-order valence-corrected chi connectivity index (χ1v) is 16.1. The average molecular weight is 609 g/mol. The van der Waals surface area contributed by atoms with Crippen molar-refractivity contribution in [3.05, 3.63) is 138 Å². The normalized spacial score (nSPS) is 17.7. The lowest BCUT2D eigenvalue weighted by molar-refractivity contribution is -0.161. The van der Waals surface area contributed by atoms with Crippen LogP contribution in [0, 0.1) is 5.41 Å². The van der Waals surface area contributed by atoms with Crippen LogP contribution in [0.5, 0.6) is 0 Å². The van der Waals surface area contributed by atoms with Crippen molar-refractivity contribution in [2.24, 2.45) is 5.41 Å². The highest BCUT2D eigenvalue weighted by molar-refractivity contribution is 7.84. The van der Waals surface area contributed by atoms with E-state index in [2.05, 4.69) is 4.72 Å². The summed E-state index contributed by atoms with van der Waals surface area (Å²) in [6.07, 6.45) is 0. The van der Waals surface area contributed by atoms with E-state index in [1.807, 2.05) is 136 Å². The van der Waals surface area contributed by atoms with Crippen molar-refractivity contribution >= 4 is 28.5 Å². The molecule has 0 saturated carbocycles. The van der Waals surface area contributed by atoms with E-state index in [1.54, 1.807) is 25.7 Å². The number of amides is 1. The van der Waals surface area contributed by atoms with E-state index >= 15 is 4.79 Å². The topological polar surface area (TPSA) is 75.7 Å². The van der Waals surface area contributed by atoms with Crippen molar-refractivity contribution in [2.75, 3.05) is 11.5 Å². The molecule has 1 heterocycles. The molecule has 1 amide bonds. The van der Waals surface area contributed by atoms with Gasteiger partial charge in [0.05, 0.1) is 33.4 Å². The summed E-state index contributed by atoms with van der Waals surface area (Å²) in [6, 6.07) is 37.3. The quantitative estimate of drug-likeness (QED) is 0.166. The summed E-state index contributed by atoms with van der Waals surface area (Å²) in [5.74, 6) is -0.959. The third-order valence-corrected chi connectivity index (χ3v) is 10.1. The van der Waals surface area contributed by atoms with Crippen LogP contribution in [0.4, 0.5) is 5.69 Å². The van der Waals surface area contributed by atoms with E-state index in [9.17, 15) is 9.00 Å². The van der Waals surface area contributed by atoms with Gasteiger partial charge in [0.1, 0.15) is 5.54 Å². The van der Waals surface area contributed by atoms with Crippen LogP contribution in [-0.4, -0.2) is 27.4 Å². The van der Waals surface area contributed by atoms with Crippen LogP contribution in [-0.2, 0) is 36.4 Å². The lowest BCUT2D eigenvalue weighted by Crippen LogP contribution is -2.66. The van der Waals surface area contributed by atoms with Crippen molar-refractivity contribution in [1.82, 2.24) is 4.72 Å². The van der Waals surface area contributed by atoms with E-state index in [-0.39, 0.29) is 6.61 Å². The maximum atomic E-state index is 15.8. The number of para-hydroxylation sites is 1. The number of fused-ring (bicyclic) bond motifs is 1. The van der Waals surface area contributed by atoms with Crippen LogP contribution in [0.25, 0.3) is 0 Å². The summed E-state index contributed by atoms with van der Waals surface area (Å²) in [6.45, 7) is 10.8. The van der Waals surface area contributed by atoms with Crippen molar-refractivity contribution in [2.45, 2.75) is 57.4 Å². The predicted octanol–water partition coefficient (Wildman–Crippen LogP) is 6.86. The van der Waals surface area contributed by atoms with E-state index in [1.165, 1.54) is 0 Å². The third kappa shape index (κ3) is 4.79. The first-order chi connectivity index (χ1) is 20.9. The minimum absolute atomic E-state index is 0.141. The fraction of sp³-hybridized carbons (Fsp3) is 0.297. The van der Waals surface area contributed by atoms with Gasteiger partial charge in [-0.1, -0.05) is 109 Å². The predicted molar refractivity (Wildman–Crippen MR) is 176 cm³/mol. The fourth-order valence-electron chi connectivity index (χ4n) is 6.22. The number of esters is 1. The van der Waals surface area contributed by atoms with Crippen LogP contribution < -0.4 is 9.62 Å².